The number of amides is 1. The Morgan fingerprint density at radius 1 is 1.50 bits per heavy atom. The van der Waals surface area contributed by atoms with Crippen LogP contribution in [0, 0.1) is 13.8 Å². The van der Waals surface area contributed by atoms with Crippen molar-refractivity contribution in [3.8, 4) is 0 Å². The molecule has 126 valence electrons. The number of hydrogen-bond acceptors (Lipinski definition) is 6. The largest absolute Gasteiger partial charge is 0.371 e. The van der Waals surface area contributed by atoms with E-state index in [2.05, 4.69) is 15.1 Å². The Labute approximate surface area is 140 Å². The highest BCUT2D eigenvalue weighted by Gasteiger charge is 2.26. The van der Waals surface area contributed by atoms with E-state index in [4.69, 9.17) is 9.26 Å². The number of rotatable bonds is 5. The van der Waals surface area contributed by atoms with Crippen LogP contribution in [0.25, 0.3) is 6.08 Å². The Morgan fingerprint density at radius 2 is 2.38 bits per heavy atom. The molecule has 2 aromatic heterocycles. The molecule has 0 radical (unpaired) electrons. The van der Waals surface area contributed by atoms with E-state index >= 15 is 0 Å². The summed E-state index contributed by atoms with van der Waals surface area (Å²) < 4.78 is 11.0. The van der Waals surface area contributed by atoms with Gasteiger partial charge in [-0.05, 0) is 32.4 Å². The Bertz CT molecular complexity index is 707. The van der Waals surface area contributed by atoms with Crippen molar-refractivity contribution in [3.05, 3.63) is 47.4 Å². The van der Waals surface area contributed by atoms with Crippen molar-refractivity contribution in [2.45, 2.75) is 33.0 Å². The van der Waals surface area contributed by atoms with Crippen LogP contribution < -0.4 is 0 Å². The molecule has 24 heavy (non-hydrogen) atoms. The molecule has 0 aromatic carbocycles. The van der Waals surface area contributed by atoms with Gasteiger partial charge in [-0.25, -0.2) is 9.97 Å². The van der Waals surface area contributed by atoms with Crippen molar-refractivity contribution < 1.29 is 14.1 Å². The molecule has 3 rings (SSSR count). The molecule has 7 nitrogen and oxygen atoms in total. The standard InChI is InChI=1S/C17H20N4O3/c1-12-16(13(2)24-20-12)10-23-15-6-8-21(9-15)17(22)4-3-14-5-7-18-11-19-14/h3-5,7,11,15H,6,8-10H2,1-2H3/b4-3+. The van der Waals surface area contributed by atoms with Crippen LogP contribution in [0.4, 0.5) is 0 Å². The predicted molar refractivity (Wildman–Crippen MR) is 86.8 cm³/mol. The molecule has 2 aromatic rings. The van der Waals surface area contributed by atoms with Gasteiger partial charge in [0.25, 0.3) is 0 Å². The Morgan fingerprint density at radius 3 is 3.08 bits per heavy atom. The zero-order valence-corrected chi connectivity index (χ0v) is 13.8. The number of hydrogen-bond donors (Lipinski definition) is 0. The molecule has 1 atom stereocenters. The molecule has 1 aliphatic heterocycles. The second kappa shape index (κ2) is 7.35. The van der Waals surface area contributed by atoms with Crippen molar-refractivity contribution in [3.63, 3.8) is 0 Å². The topological polar surface area (TPSA) is 81.4 Å². The zero-order valence-electron chi connectivity index (χ0n) is 13.8. The molecule has 1 amide bonds. The van der Waals surface area contributed by atoms with Crippen molar-refractivity contribution >= 4 is 12.0 Å². The lowest BCUT2D eigenvalue weighted by Crippen LogP contribution is -2.28. The third-order valence-corrected chi connectivity index (χ3v) is 4.10. The minimum absolute atomic E-state index is 0.0305. The van der Waals surface area contributed by atoms with Crippen LogP contribution in [0.15, 0.2) is 29.2 Å². The van der Waals surface area contributed by atoms with E-state index in [1.807, 2.05) is 13.8 Å². The first-order valence-corrected chi connectivity index (χ1v) is 7.90. The third-order valence-electron chi connectivity index (χ3n) is 4.10. The lowest BCUT2D eigenvalue weighted by atomic mass is 10.2. The van der Waals surface area contributed by atoms with E-state index in [0.717, 1.165) is 23.4 Å². The summed E-state index contributed by atoms with van der Waals surface area (Å²) in [6.45, 7) is 5.53. The Kier molecular flexibility index (Phi) is 5.00. The van der Waals surface area contributed by atoms with E-state index in [0.29, 0.717) is 25.4 Å². The average molecular weight is 328 g/mol. The van der Waals surface area contributed by atoms with E-state index in [1.165, 1.54) is 6.33 Å². The van der Waals surface area contributed by atoms with Gasteiger partial charge in [0.2, 0.25) is 5.91 Å². The van der Waals surface area contributed by atoms with Gasteiger partial charge in [0, 0.05) is 30.9 Å². The van der Waals surface area contributed by atoms with Crippen LogP contribution in [-0.2, 0) is 16.1 Å². The van der Waals surface area contributed by atoms with Gasteiger partial charge in [-0.2, -0.15) is 0 Å². The first kappa shape index (κ1) is 16.3. The maximum absolute atomic E-state index is 12.2. The zero-order chi connectivity index (χ0) is 16.9. The van der Waals surface area contributed by atoms with Gasteiger partial charge < -0.3 is 14.2 Å². The van der Waals surface area contributed by atoms with Crippen molar-refractivity contribution in [1.82, 2.24) is 20.0 Å². The number of aromatic nitrogens is 3. The molecule has 1 saturated heterocycles. The monoisotopic (exact) mass is 328 g/mol. The molecule has 0 spiro atoms. The minimum Gasteiger partial charge on any atom is -0.371 e. The number of ether oxygens (including phenoxy) is 1. The minimum atomic E-state index is -0.0305. The highest BCUT2D eigenvalue weighted by atomic mass is 16.5. The average Bonchev–Trinajstić information content (AvgIpc) is 3.19. The lowest BCUT2D eigenvalue weighted by molar-refractivity contribution is -0.125. The number of likely N-dealkylation sites (tertiary alicyclic amines) is 1. The number of carbonyl (C=O) groups is 1. The van der Waals surface area contributed by atoms with Gasteiger partial charge in [-0.3, -0.25) is 4.79 Å². The van der Waals surface area contributed by atoms with E-state index in [-0.39, 0.29) is 12.0 Å². The van der Waals surface area contributed by atoms with Gasteiger partial charge in [0.05, 0.1) is 24.1 Å². The lowest BCUT2D eigenvalue weighted by Gasteiger charge is -2.14. The van der Waals surface area contributed by atoms with Crippen molar-refractivity contribution in [1.29, 1.82) is 0 Å². The molecule has 3 heterocycles. The van der Waals surface area contributed by atoms with E-state index in [9.17, 15) is 4.79 Å². The first-order valence-electron chi connectivity index (χ1n) is 7.90. The first-order chi connectivity index (χ1) is 11.6. The van der Waals surface area contributed by atoms with E-state index in [1.54, 1.807) is 29.3 Å². The maximum atomic E-state index is 12.2. The molecule has 1 fully saturated rings. The van der Waals surface area contributed by atoms with Gasteiger partial charge in [0.1, 0.15) is 12.1 Å². The Balaban J connectivity index is 1.50. The van der Waals surface area contributed by atoms with Gasteiger partial charge in [-0.1, -0.05) is 5.16 Å². The molecule has 0 saturated carbocycles. The van der Waals surface area contributed by atoms with Crippen LogP contribution in [0.5, 0.6) is 0 Å². The molecule has 7 heteroatoms. The van der Waals surface area contributed by atoms with Gasteiger partial charge in [-0.15, -0.1) is 0 Å². The summed E-state index contributed by atoms with van der Waals surface area (Å²) in [6, 6.07) is 1.75. The van der Waals surface area contributed by atoms with Crippen molar-refractivity contribution in [2.75, 3.05) is 13.1 Å². The smallest absolute Gasteiger partial charge is 0.246 e. The van der Waals surface area contributed by atoms with Crippen LogP contribution in [-0.4, -0.2) is 45.1 Å². The normalized spacial score (nSPS) is 17.8. The summed E-state index contributed by atoms with van der Waals surface area (Å²) in [7, 11) is 0. The SMILES string of the molecule is Cc1noc(C)c1COC1CCN(C(=O)/C=C/c2ccncn2)C1. The highest BCUT2D eigenvalue weighted by molar-refractivity contribution is 5.91. The molecule has 1 unspecified atom stereocenters. The molecule has 0 aliphatic carbocycles. The summed E-state index contributed by atoms with van der Waals surface area (Å²) in [5, 5.41) is 3.92. The molecule has 0 bridgehead atoms. The van der Waals surface area contributed by atoms with Gasteiger partial charge in [0.15, 0.2) is 0 Å². The summed E-state index contributed by atoms with van der Waals surface area (Å²) >= 11 is 0. The molecule has 0 N–H and O–H groups in total. The van der Waals surface area contributed by atoms with Crippen LogP contribution in [0.1, 0.15) is 29.1 Å². The second-order valence-corrected chi connectivity index (χ2v) is 5.78. The fourth-order valence-corrected chi connectivity index (χ4v) is 2.64. The number of carbonyl (C=O) groups excluding carboxylic acids is 1. The Hall–Kier alpha value is -2.54. The van der Waals surface area contributed by atoms with Crippen LogP contribution in [0.2, 0.25) is 0 Å². The number of aryl methyl sites for hydroxylation is 2. The summed E-state index contributed by atoms with van der Waals surface area (Å²) in [6.07, 6.45) is 7.21. The predicted octanol–water partition coefficient (Wildman–Crippen LogP) is 1.91. The fourth-order valence-electron chi connectivity index (χ4n) is 2.64. The molecular weight excluding hydrogens is 308 g/mol. The van der Waals surface area contributed by atoms with Crippen LogP contribution in [0.3, 0.4) is 0 Å². The number of nitrogens with zero attached hydrogens (tertiary/aromatic N) is 4. The highest BCUT2D eigenvalue weighted by Crippen LogP contribution is 2.18. The summed E-state index contributed by atoms with van der Waals surface area (Å²) in [5.74, 6) is 0.753. The molecule has 1 aliphatic rings. The van der Waals surface area contributed by atoms with Gasteiger partial charge >= 0.3 is 0 Å². The van der Waals surface area contributed by atoms with Crippen molar-refractivity contribution in [2.24, 2.45) is 0 Å². The summed E-state index contributed by atoms with van der Waals surface area (Å²) in [4.78, 5) is 21.9. The fraction of sp³-hybridized carbons (Fsp3) is 0.412. The quantitative estimate of drug-likeness (QED) is 0.780. The van der Waals surface area contributed by atoms with E-state index < -0.39 is 0 Å². The second-order valence-electron chi connectivity index (χ2n) is 5.78. The molecular formula is C17H20N4O3. The van der Waals surface area contributed by atoms with Crippen LogP contribution >= 0.6 is 0 Å². The third kappa shape index (κ3) is 3.86. The summed E-state index contributed by atoms with van der Waals surface area (Å²) in [5.41, 5.74) is 2.55. The maximum Gasteiger partial charge on any atom is 0.246 e.